The van der Waals surface area contributed by atoms with E-state index in [1.54, 1.807) is 18.4 Å². The van der Waals surface area contributed by atoms with E-state index in [0.717, 1.165) is 0 Å². The Morgan fingerprint density at radius 2 is 2.05 bits per heavy atom. The molecule has 0 bridgehead atoms. The number of nitro groups is 1. The van der Waals surface area contributed by atoms with Crippen molar-refractivity contribution in [3.8, 4) is 5.75 Å². The molecule has 112 valence electrons. The molecule has 0 aliphatic rings. The number of benzene rings is 1. The maximum Gasteiger partial charge on any atom is 0.311 e. The largest absolute Gasteiger partial charge is 0.484 e. The fraction of sp³-hybridized carbons (Fsp3) is 0.538. The van der Waals surface area contributed by atoms with E-state index >= 15 is 0 Å². The summed E-state index contributed by atoms with van der Waals surface area (Å²) in [5, 5.41) is 14.1. The lowest BCUT2D eigenvalue weighted by Gasteiger charge is -2.16. The van der Waals surface area contributed by atoms with Crippen LogP contribution in [0.5, 0.6) is 5.75 Å². The van der Waals surface area contributed by atoms with Crippen LogP contribution >= 0.6 is 0 Å². The van der Waals surface area contributed by atoms with Crippen LogP contribution in [-0.4, -0.2) is 33.3 Å². The van der Waals surface area contributed by atoms with Gasteiger partial charge in [-0.15, -0.1) is 0 Å². The Balaban J connectivity index is 2.94. The summed E-state index contributed by atoms with van der Waals surface area (Å²) >= 11 is 0. The highest BCUT2D eigenvalue weighted by atomic mass is 32.2. The van der Waals surface area contributed by atoms with Crippen molar-refractivity contribution < 1.29 is 13.9 Å². The van der Waals surface area contributed by atoms with Crippen molar-refractivity contribution in [2.45, 2.75) is 32.9 Å². The SMILES string of the molecule is CC(CS(C)=O)Nc1ccc([N+](=O)[O-])c(OC(C)C)c1. The molecule has 0 fully saturated rings. The summed E-state index contributed by atoms with van der Waals surface area (Å²) in [6.45, 7) is 5.53. The number of rotatable bonds is 7. The van der Waals surface area contributed by atoms with Crippen molar-refractivity contribution in [1.29, 1.82) is 0 Å². The van der Waals surface area contributed by atoms with Crippen LogP contribution in [0.1, 0.15) is 20.8 Å². The predicted octanol–water partition coefficient (Wildman–Crippen LogP) is 2.56. The lowest BCUT2D eigenvalue weighted by atomic mass is 10.2. The second kappa shape index (κ2) is 7.23. The molecule has 1 aromatic carbocycles. The minimum Gasteiger partial charge on any atom is -0.484 e. The molecule has 7 heteroatoms. The first-order valence-electron chi connectivity index (χ1n) is 6.31. The standard InChI is InChI=1S/C13H20N2O4S/c1-9(2)19-13-7-11(5-6-12(13)15(16)17)14-10(3)8-20(4)18/h5-7,9-10,14H,8H2,1-4H3. The molecule has 2 atom stereocenters. The van der Waals surface area contributed by atoms with Crippen LogP contribution in [0.4, 0.5) is 11.4 Å². The Bertz CT molecular complexity index is 505. The Morgan fingerprint density at radius 3 is 2.55 bits per heavy atom. The van der Waals surface area contributed by atoms with Gasteiger partial charge in [-0.1, -0.05) is 0 Å². The quantitative estimate of drug-likeness (QED) is 0.618. The van der Waals surface area contributed by atoms with E-state index in [9.17, 15) is 14.3 Å². The second-order valence-corrected chi connectivity index (χ2v) is 6.37. The van der Waals surface area contributed by atoms with E-state index in [0.29, 0.717) is 11.4 Å². The maximum absolute atomic E-state index is 11.2. The molecule has 0 aromatic heterocycles. The lowest BCUT2D eigenvalue weighted by molar-refractivity contribution is -0.386. The lowest BCUT2D eigenvalue weighted by Crippen LogP contribution is -2.22. The minimum atomic E-state index is -0.897. The van der Waals surface area contributed by atoms with Crippen LogP contribution < -0.4 is 10.1 Å². The third kappa shape index (κ3) is 5.16. The topological polar surface area (TPSA) is 81.5 Å². The van der Waals surface area contributed by atoms with Crippen LogP contribution in [0.25, 0.3) is 0 Å². The monoisotopic (exact) mass is 300 g/mol. The number of hydrogen-bond acceptors (Lipinski definition) is 5. The number of nitrogens with zero attached hydrogens (tertiary/aromatic N) is 1. The molecule has 1 rings (SSSR count). The molecule has 1 aromatic rings. The molecule has 0 saturated heterocycles. The molecule has 1 N–H and O–H groups in total. The molecular formula is C13H20N2O4S. The normalized spacial score (nSPS) is 13.8. The van der Waals surface area contributed by atoms with E-state index in [4.69, 9.17) is 4.74 Å². The third-order valence-corrected chi connectivity index (χ3v) is 3.39. The Labute approximate surface area is 121 Å². The average Bonchev–Trinajstić information content (AvgIpc) is 2.26. The first-order chi connectivity index (χ1) is 9.29. The molecule has 2 unspecified atom stereocenters. The van der Waals surface area contributed by atoms with Gasteiger partial charge in [0.1, 0.15) is 0 Å². The van der Waals surface area contributed by atoms with Crippen LogP contribution in [0.15, 0.2) is 18.2 Å². The van der Waals surface area contributed by atoms with Gasteiger partial charge in [0, 0.05) is 46.7 Å². The highest BCUT2D eigenvalue weighted by molar-refractivity contribution is 7.84. The summed E-state index contributed by atoms with van der Waals surface area (Å²) in [6.07, 6.45) is 1.49. The highest BCUT2D eigenvalue weighted by Crippen LogP contribution is 2.31. The fourth-order valence-corrected chi connectivity index (χ4v) is 2.57. The number of nitro benzene ring substituents is 1. The Kier molecular flexibility index (Phi) is 5.94. The summed E-state index contributed by atoms with van der Waals surface area (Å²) in [7, 11) is -0.897. The average molecular weight is 300 g/mol. The second-order valence-electron chi connectivity index (χ2n) is 4.89. The van der Waals surface area contributed by atoms with E-state index < -0.39 is 15.7 Å². The number of nitrogens with one attached hydrogen (secondary N) is 1. The summed E-state index contributed by atoms with van der Waals surface area (Å²) < 4.78 is 16.6. The van der Waals surface area contributed by atoms with Crippen LogP contribution in [0, 0.1) is 10.1 Å². The van der Waals surface area contributed by atoms with Gasteiger partial charge >= 0.3 is 5.69 Å². The summed E-state index contributed by atoms with van der Waals surface area (Å²) in [5.74, 6) is 0.747. The van der Waals surface area contributed by atoms with Gasteiger partial charge in [-0.3, -0.25) is 14.3 Å². The zero-order chi connectivity index (χ0) is 15.3. The van der Waals surface area contributed by atoms with Crippen molar-refractivity contribution in [1.82, 2.24) is 0 Å². The molecule has 0 aliphatic heterocycles. The van der Waals surface area contributed by atoms with Gasteiger partial charge in [-0.25, -0.2) is 0 Å². The summed E-state index contributed by atoms with van der Waals surface area (Å²) in [4.78, 5) is 10.5. The molecule has 0 spiro atoms. The zero-order valence-corrected chi connectivity index (χ0v) is 12.9. The zero-order valence-electron chi connectivity index (χ0n) is 12.1. The molecule has 20 heavy (non-hydrogen) atoms. The molecular weight excluding hydrogens is 280 g/mol. The minimum absolute atomic E-state index is 0.00851. The van der Waals surface area contributed by atoms with Crippen molar-refractivity contribution in [2.24, 2.45) is 0 Å². The predicted molar refractivity (Wildman–Crippen MR) is 80.9 cm³/mol. The van der Waals surface area contributed by atoms with Gasteiger partial charge in [0.05, 0.1) is 11.0 Å². The van der Waals surface area contributed by atoms with Crippen LogP contribution in [-0.2, 0) is 10.8 Å². The van der Waals surface area contributed by atoms with Crippen molar-refractivity contribution >= 4 is 22.2 Å². The van der Waals surface area contributed by atoms with Gasteiger partial charge in [-0.2, -0.15) is 0 Å². The van der Waals surface area contributed by atoms with Gasteiger partial charge in [0.15, 0.2) is 5.75 Å². The van der Waals surface area contributed by atoms with Gasteiger partial charge < -0.3 is 10.1 Å². The number of hydrogen-bond donors (Lipinski definition) is 1. The molecule has 0 radical (unpaired) electrons. The molecule has 0 heterocycles. The summed E-state index contributed by atoms with van der Waals surface area (Å²) in [5.41, 5.74) is 0.653. The first kappa shape index (κ1) is 16.4. The van der Waals surface area contributed by atoms with Gasteiger partial charge in [0.25, 0.3) is 0 Å². The summed E-state index contributed by atoms with van der Waals surface area (Å²) in [6, 6.07) is 4.65. The maximum atomic E-state index is 11.2. The Morgan fingerprint density at radius 1 is 1.40 bits per heavy atom. The van der Waals surface area contributed by atoms with E-state index in [1.165, 1.54) is 6.07 Å². The van der Waals surface area contributed by atoms with Gasteiger partial charge in [0.2, 0.25) is 0 Å². The third-order valence-electron chi connectivity index (χ3n) is 2.42. The van der Waals surface area contributed by atoms with Crippen molar-refractivity contribution in [2.75, 3.05) is 17.3 Å². The molecule has 0 amide bonds. The van der Waals surface area contributed by atoms with Gasteiger partial charge in [-0.05, 0) is 26.8 Å². The fourth-order valence-electron chi connectivity index (χ4n) is 1.78. The van der Waals surface area contributed by atoms with Crippen molar-refractivity contribution in [3.05, 3.63) is 28.3 Å². The van der Waals surface area contributed by atoms with Crippen molar-refractivity contribution in [3.63, 3.8) is 0 Å². The van der Waals surface area contributed by atoms with E-state index in [2.05, 4.69) is 5.32 Å². The van der Waals surface area contributed by atoms with E-state index in [1.807, 2.05) is 20.8 Å². The van der Waals surface area contributed by atoms with Crippen LogP contribution in [0.2, 0.25) is 0 Å². The Hall–Kier alpha value is -1.63. The molecule has 0 saturated carbocycles. The highest BCUT2D eigenvalue weighted by Gasteiger charge is 2.17. The first-order valence-corrected chi connectivity index (χ1v) is 8.04. The smallest absolute Gasteiger partial charge is 0.311 e. The molecule has 6 nitrogen and oxygen atoms in total. The number of ether oxygens (including phenoxy) is 1. The van der Waals surface area contributed by atoms with Crippen LogP contribution in [0.3, 0.4) is 0 Å². The number of anilines is 1. The van der Waals surface area contributed by atoms with E-state index in [-0.39, 0.29) is 23.6 Å². The molecule has 0 aliphatic carbocycles.